The Bertz CT molecular complexity index is 1310. The minimum absolute atomic E-state index is 0.0528. The van der Waals surface area contributed by atoms with Crippen LogP contribution in [0, 0.1) is 6.92 Å². The van der Waals surface area contributed by atoms with E-state index in [4.69, 9.17) is 20.8 Å². The van der Waals surface area contributed by atoms with E-state index < -0.39 is 21.7 Å². The second-order valence-electron chi connectivity index (χ2n) is 7.14. The number of halogens is 1. The Balaban J connectivity index is 1.57. The summed E-state index contributed by atoms with van der Waals surface area (Å²) in [6, 6.07) is 9.45. The lowest BCUT2D eigenvalue weighted by Gasteiger charge is -2.26. The van der Waals surface area contributed by atoms with Crippen molar-refractivity contribution in [2.75, 3.05) is 31.6 Å². The van der Waals surface area contributed by atoms with Crippen molar-refractivity contribution in [3.63, 3.8) is 0 Å². The summed E-state index contributed by atoms with van der Waals surface area (Å²) < 4.78 is 38.8. The van der Waals surface area contributed by atoms with Gasteiger partial charge in [-0.2, -0.15) is 4.31 Å². The summed E-state index contributed by atoms with van der Waals surface area (Å²) >= 11 is 6.14. The van der Waals surface area contributed by atoms with Gasteiger partial charge in [0.05, 0.1) is 23.8 Å². The molecule has 11 heteroatoms. The quantitative estimate of drug-likeness (QED) is 0.618. The van der Waals surface area contributed by atoms with Crippen molar-refractivity contribution in [3.8, 4) is 0 Å². The highest BCUT2D eigenvalue weighted by Crippen LogP contribution is 2.28. The van der Waals surface area contributed by atoms with Gasteiger partial charge in [0, 0.05) is 18.8 Å². The SMILES string of the molecule is Cc1ccc2oc(=O)n(CC(=O)Nc3ccc(Cl)c(S(=O)(=O)N4CCOCC4)c3)c2c1. The number of sulfonamides is 1. The summed E-state index contributed by atoms with van der Waals surface area (Å²) in [6.07, 6.45) is 0. The smallest absolute Gasteiger partial charge is 0.408 e. The zero-order chi connectivity index (χ0) is 22.2. The third-order valence-corrected chi connectivity index (χ3v) is 7.31. The number of benzene rings is 2. The lowest BCUT2D eigenvalue weighted by molar-refractivity contribution is -0.116. The molecular formula is C20H20ClN3O6S. The molecule has 0 spiro atoms. The monoisotopic (exact) mass is 465 g/mol. The summed E-state index contributed by atoms with van der Waals surface area (Å²) in [5.74, 6) is -1.16. The van der Waals surface area contributed by atoms with Gasteiger partial charge >= 0.3 is 5.76 Å². The first-order chi connectivity index (χ1) is 14.8. The molecule has 3 aromatic rings. The third kappa shape index (κ3) is 4.38. The molecular weight excluding hydrogens is 446 g/mol. The Morgan fingerprint density at radius 3 is 2.65 bits per heavy atom. The Kier molecular flexibility index (Phi) is 5.89. The van der Waals surface area contributed by atoms with Crippen LogP contribution in [0.15, 0.2) is 50.5 Å². The van der Waals surface area contributed by atoms with Gasteiger partial charge in [-0.25, -0.2) is 13.2 Å². The van der Waals surface area contributed by atoms with Crippen molar-refractivity contribution in [2.45, 2.75) is 18.4 Å². The minimum atomic E-state index is -3.84. The van der Waals surface area contributed by atoms with Crippen LogP contribution in [0.25, 0.3) is 11.1 Å². The number of fused-ring (bicyclic) bond motifs is 1. The highest BCUT2D eigenvalue weighted by molar-refractivity contribution is 7.89. The number of amides is 1. The van der Waals surface area contributed by atoms with E-state index in [1.807, 2.05) is 6.92 Å². The number of nitrogens with zero attached hydrogens (tertiary/aromatic N) is 2. The van der Waals surface area contributed by atoms with E-state index in [1.165, 1.54) is 27.1 Å². The number of anilines is 1. The molecule has 9 nitrogen and oxygen atoms in total. The topological polar surface area (TPSA) is 111 Å². The normalized spacial score (nSPS) is 15.3. The first-order valence-corrected chi connectivity index (χ1v) is 11.3. The number of ether oxygens (including phenoxy) is 1. The van der Waals surface area contributed by atoms with Crippen molar-refractivity contribution in [1.82, 2.24) is 8.87 Å². The van der Waals surface area contributed by atoms with Crippen molar-refractivity contribution < 1.29 is 22.4 Å². The van der Waals surface area contributed by atoms with Gasteiger partial charge in [0.1, 0.15) is 11.4 Å². The zero-order valence-corrected chi connectivity index (χ0v) is 18.2. The number of carbonyl (C=O) groups excluding carboxylic acids is 1. The number of aryl methyl sites for hydroxylation is 1. The molecule has 2 heterocycles. The molecule has 1 saturated heterocycles. The second-order valence-corrected chi connectivity index (χ2v) is 9.45. The molecule has 1 amide bonds. The third-order valence-electron chi connectivity index (χ3n) is 4.93. The van der Waals surface area contributed by atoms with Crippen molar-refractivity contribution in [3.05, 3.63) is 57.5 Å². The molecule has 1 aromatic heterocycles. The van der Waals surface area contributed by atoms with Gasteiger partial charge < -0.3 is 14.5 Å². The van der Waals surface area contributed by atoms with Gasteiger partial charge in [0.2, 0.25) is 15.9 Å². The summed E-state index contributed by atoms with van der Waals surface area (Å²) in [5, 5.41) is 2.68. The summed E-state index contributed by atoms with van der Waals surface area (Å²) in [7, 11) is -3.84. The lowest BCUT2D eigenvalue weighted by Crippen LogP contribution is -2.40. The number of hydrogen-bond acceptors (Lipinski definition) is 6. The molecule has 4 rings (SSSR count). The summed E-state index contributed by atoms with van der Waals surface area (Å²) in [5.41, 5.74) is 2.05. The maximum Gasteiger partial charge on any atom is 0.420 e. The molecule has 31 heavy (non-hydrogen) atoms. The Labute approximate surface area is 183 Å². The van der Waals surface area contributed by atoms with Gasteiger partial charge in [-0.3, -0.25) is 9.36 Å². The molecule has 0 radical (unpaired) electrons. The van der Waals surface area contributed by atoms with Gasteiger partial charge in [0.25, 0.3) is 0 Å². The van der Waals surface area contributed by atoms with Crippen LogP contribution in [0.4, 0.5) is 5.69 Å². The maximum atomic E-state index is 12.9. The molecule has 0 bridgehead atoms. The van der Waals surface area contributed by atoms with E-state index in [-0.39, 0.29) is 35.2 Å². The predicted octanol–water partition coefficient (Wildman–Crippen LogP) is 2.22. The van der Waals surface area contributed by atoms with Crippen LogP contribution in [-0.2, 0) is 26.1 Å². The van der Waals surface area contributed by atoms with Gasteiger partial charge in [0.15, 0.2) is 5.58 Å². The average Bonchev–Trinajstić information content (AvgIpc) is 3.04. The van der Waals surface area contributed by atoms with Crippen LogP contribution in [0.1, 0.15) is 5.56 Å². The molecule has 0 aliphatic carbocycles. The average molecular weight is 466 g/mol. The highest BCUT2D eigenvalue weighted by Gasteiger charge is 2.28. The van der Waals surface area contributed by atoms with Crippen LogP contribution >= 0.6 is 11.6 Å². The largest absolute Gasteiger partial charge is 0.420 e. The number of nitrogens with one attached hydrogen (secondary N) is 1. The van der Waals surface area contributed by atoms with Crippen molar-refractivity contribution >= 4 is 44.3 Å². The molecule has 0 saturated carbocycles. The number of carbonyl (C=O) groups is 1. The minimum Gasteiger partial charge on any atom is -0.408 e. The van der Waals surface area contributed by atoms with Crippen molar-refractivity contribution in [2.24, 2.45) is 0 Å². The molecule has 164 valence electrons. The molecule has 2 aromatic carbocycles. The van der Waals surface area contributed by atoms with E-state index in [9.17, 15) is 18.0 Å². The van der Waals surface area contributed by atoms with Crippen LogP contribution in [0.3, 0.4) is 0 Å². The second kappa shape index (κ2) is 8.46. The van der Waals surface area contributed by atoms with E-state index in [2.05, 4.69) is 5.32 Å². The maximum absolute atomic E-state index is 12.9. The molecule has 1 aliphatic rings. The van der Waals surface area contributed by atoms with E-state index >= 15 is 0 Å². The molecule has 0 atom stereocenters. The molecule has 0 unspecified atom stereocenters. The Morgan fingerprint density at radius 1 is 1.16 bits per heavy atom. The number of rotatable bonds is 5. The number of aromatic nitrogens is 1. The summed E-state index contributed by atoms with van der Waals surface area (Å²) in [6.45, 7) is 2.64. The van der Waals surface area contributed by atoms with E-state index in [1.54, 1.807) is 18.2 Å². The standard InChI is InChI=1S/C20H20ClN3O6S/c1-13-2-5-17-16(10-13)24(20(26)30-17)12-19(25)22-14-3-4-15(21)18(11-14)31(27,28)23-6-8-29-9-7-23/h2-5,10-11H,6-9,12H2,1H3,(H,22,25). The number of oxazole rings is 1. The first-order valence-electron chi connectivity index (χ1n) is 9.53. The predicted molar refractivity (Wildman–Crippen MR) is 115 cm³/mol. The number of morpholine rings is 1. The fourth-order valence-electron chi connectivity index (χ4n) is 3.37. The molecule has 1 N–H and O–H groups in total. The number of hydrogen-bond donors (Lipinski definition) is 1. The van der Waals surface area contributed by atoms with Crippen LogP contribution in [0.2, 0.25) is 5.02 Å². The van der Waals surface area contributed by atoms with Crippen LogP contribution in [0.5, 0.6) is 0 Å². The van der Waals surface area contributed by atoms with Gasteiger partial charge in [-0.05, 0) is 42.8 Å². The van der Waals surface area contributed by atoms with Gasteiger partial charge in [-0.1, -0.05) is 17.7 Å². The first kappa shape index (κ1) is 21.6. The highest BCUT2D eigenvalue weighted by atomic mass is 35.5. The zero-order valence-electron chi connectivity index (χ0n) is 16.6. The molecule has 1 aliphatic heterocycles. The van der Waals surface area contributed by atoms with Gasteiger partial charge in [-0.15, -0.1) is 0 Å². The van der Waals surface area contributed by atoms with E-state index in [0.717, 1.165) is 5.56 Å². The van der Waals surface area contributed by atoms with Crippen LogP contribution in [-0.4, -0.2) is 49.5 Å². The fraction of sp³-hybridized carbons (Fsp3) is 0.300. The fourth-order valence-corrected chi connectivity index (χ4v) is 5.28. The lowest BCUT2D eigenvalue weighted by atomic mass is 10.2. The van der Waals surface area contributed by atoms with Crippen molar-refractivity contribution in [1.29, 1.82) is 0 Å². The van der Waals surface area contributed by atoms with Crippen LogP contribution < -0.4 is 11.1 Å². The Hall–Kier alpha value is -2.66. The Morgan fingerprint density at radius 2 is 1.90 bits per heavy atom. The molecule has 1 fully saturated rings. The summed E-state index contributed by atoms with van der Waals surface area (Å²) in [4.78, 5) is 24.6. The van der Waals surface area contributed by atoms with E-state index in [0.29, 0.717) is 24.3 Å².